The van der Waals surface area contributed by atoms with Crippen LogP contribution in [0.1, 0.15) is 20.8 Å². The summed E-state index contributed by atoms with van der Waals surface area (Å²) in [4.78, 5) is 10.8. The molecule has 2 unspecified atom stereocenters. The van der Waals surface area contributed by atoms with Gasteiger partial charge in [0.2, 0.25) is 0 Å². The average Bonchev–Trinajstić information content (AvgIpc) is 1.87. The van der Waals surface area contributed by atoms with Gasteiger partial charge in [-0.2, -0.15) is 0 Å². The van der Waals surface area contributed by atoms with E-state index in [2.05, 4.69) is 5.32 Å². The van der Waals surface area contributed by atoms with Gasteiger partial charge in [-0.25, -0.2) is 0 Å². The van der Waals surface area contributed by atoms with Gasteiger partial charge < -0.3 is 10.4 Å². The second kappa shape index (κ2) is 2.34. The molecule has 2 N–H and O–H groups in total. The number of hydrogen-bond donors (Lipinski definition) is 2. The molecule has 0 saturated carbocycles. The summed E-state index contributed by atoms with van der Waals surface area (Å²) >= 11 is 0. The Kier molecular flexibility index (Phi) is 1.76. The number of aliphatic hydroxyl groups is 1. The minimum absolute atomic E-state index is 0.208. The SMILES string of the molecule is CC(C)=CC1NC(=O)C1(C)O. The highest BCUT2D eigenvalue weighted by molar-refractivity contribution is 5.92. The zero-order chi connectivity index (χ0) is 8.65. The van der Waals surface area contributed by atoms with E-state index in [-0.39, 0.29) is 11.9 Å². The molecule has 0 aromatic heterocycles. The van der Waals surface area contributed by atoms with Gasteiger partial charge in [0.15, 0.2) is 5.60 Å². The van der Waals surface area contributed by atoms with Crippen LogP contribution in [0.25, 0.3) is 0 Å². The maximum Gasteiger partial charge on any atom is 0.254 e. The highest BCUT2D eigenvalue weighted by atomic mass is 16.3. The van der Waals surface area contributed by atoms with E-state index in [9.17, 15) is 9.90 Å². The molecule has 62 valence electrons. The minimum Gasteiger partial charge on any atom is -0.378 e. The molecule has 2 atom stereocenters. The van der Waals surface area contributed by atoms with Crippen LogP contribution >= 0.6 is 0 Å². The quantitative estimate of drug-likeness (QED) is 0.420. The fourth-order valence-corrected chi connectivity index (χ4v) is 1.03. The number of amides is 1. The van der Waals surface area contributed by atoms with Gasteiger partial charge in [0, 0.05) is 0 Å². The van der Waals surface area contributed by atoms with E-state index >= 15 is 0 Å². The van der Waals surface area contributed by atoms with E-state index in [4.69, 9.17) is 0 Å². The number of β-lactam (4-membered cyclic amide) rings is 1. The molecule has 1 saturated heterocycles. The van der Waals surface area contributed by atoms with Gasteiger partial charge in [-0.3, -0.25) is 4.79 Å². The Labute approximate surface area is 66.1 Å². The third-order valence-corrected chi connectivity index (χ3v) is 1.85. The zero-order valence-corrected chi connectivity index (χ0v) is 7.01. The molecule has 1 heterocycles. The lowest BCUT2D eigenvalue weighted by Gasteiger charge is -2.40. The van der Waals surface area contributed by atoms with Crippen molar-refractivity contribution >= 4 is 5.91 Å². The van der Waals surface area contributed by atoms with Crippen LogP contribution in [0, 0.1) is 0 Å². The van der Waals surface area contributed by atoms with Crippen molar-refractivity contribution in [1.29, 1.82) is 0 Å². The Balaban J connectivity index is 2.68. The van der Waals surface area contributed by atoms with Gasteiger partial charge in [-0.05, 0) is 20.8 Å². The predicted molar refractivity (Wildman–Crippen MR) is 42.0 cm³/mol. The molecular formula is C8H13NO2. The number of allylic oxidation sites excluding steroid dienone is 1. The Bertz CT molecular complexity index is 214. The van der Waals surface area contributed by atoms with Crippen LogP contribution < -0.4 is 5.32 Å². The van der Waals surface area contributed by atoms with Crippen LogP contribution in [0.3, 0.4) is 0 Å². The summed E-state index contributed by atoms with van der Waals surface area (Å²) in [5.74, 6) is -0.292. The molecule has 1 amide bonds. The number of carbonyl (C=O) groups excluding carboxylic acids is 1. The van der Waals surface area contributed by atoms with Crippen molar-refractivity contribution < 1.29 is 9.90 Å². The molecule has 0 spiro atoms. The molecule has 0 aliphatic carbocycles. The highest BCUT2D eigenvalue weighted by Gasteiger charge is 2.48. The molecule has 3 nitrogen and oxygen atoms in total. The van der Waals surface area contributed by atoms with E-state index in [0.29, 0.717) is 0 Å². The molecule has 1 aliphatic heterocycles. The van der Waals surface area contributed by atoms with Crippen LogP contribution in [-0.4, -0.2) is 22.7 Å². The molecule has 0 radical (unpaired) electrons. The van der Waals surface area contributed by atoms with Crippen LogP contribution in [0.15, 0.2) is 11.6 Å². The summed E-state index contributed by atoms with van der Waals surface area (Å²) < 4.78 is 0. The minimum atomic E-state index is -1.20. The van der Waals surface area contributed by atoms with Gasteiger partial charge in [-0.15, -0.1) is 0 Å². The first-order valence-corrected chi connectivity index (χ1v) is 3.63. The van der Waals surface area contributed by atoms with Crippen molar-refractivity contribution in [3.05, 3.63) is 11.6 Å². The van der Waals surface area contributed by atoms with Crippen LogP contribution in [0.5, 0.6) is 0 Å². The third-order valence-electron chi connectivity index (χ3n) is 1.85. The summed E-state index contributed by atoms with van der Waals surface area (Å²) in [7, 11) is 0. The van der Waals surface area contributed by atoms with Crippen LogP contribution in [0.4, 0.5) is 0 Å². The Morgan fingerprint density at radius 2 is 2.27 bits per heavy atom. The van der Waals surface area contributed by atoms with Crippen molar-refractivity contribution in [3.8, 4) is 0 Å². The normalized spacial score (nSPS) is 35.6. The number of hydrogen-bond acceptors (Lipinski definition) is 2. The fourth-order valence-electron chi connectivity index (χ4n) is 1.03. The molecule has 3 heteroatoms. The largest absolute Gasteiger partial charge is 0.378 e. The maximum absolute atomic E-state index is 10.8. The number of nitrogens with one attached hydrogen (secondary N) is 1. The van der Waals surface area contributed by atoms with Crippen molar-refractivity contribution in [2.45, 2.75) is 32.4 Å². The van der Waals surface area contributed by atoms with Gasteiger partial charge in [0.25, 0.3) is 5.91 Å². The van der Waals surface area contributed by atoms with Gasteiger partial charge >= 0.3 is 0 Å². The van der Waals surface area contributed by atoms with Crippen molar-refractivity contribution in [1.82, 2.24) is 5.32 Å². The molecule has 1 aliphatic rings. The predicted octanol–water partition coefficient (Wildman–Crippen LogP) is 0.202. The van der Waals surface area contributed by atoms with Gasteiger partial charge in [0.05, 0.1) is 6.04 Å². The van der Waals surface area contributed by atoms with Crippen LogP contribution in [0.2, 0.25) is 0 Å². The highest BCUT2D eigenvalue weighted by Crippen LogP contribution is 2.21. The second-order valence-electron chi connectivity index (χ2n) is 3.34. The van der Waals surface area contributed by atoms with E-state index < -0.39 is 5.60 Å². The van der Waals surface area contributed by atoms with Crippen molar-refractivity contribution in [3.63, 3.8) is 0 Å². The molecule has 0 aromatic carbocycles. The molecule has 1 rings (SSSR count). The molecule has 11 heavy (non-hydrogen) atoms. The van der Waals surface area contributed by atoms with Gasteiger partial charge in [0.1, 0.15) is 0 Å². The standard InChI is InChI=1S/C8H13NO2/c1-5(2)4-6-8(3,11)7(10)9-6/h4,6,11H,1-3H3,(H,9,10). The van der Waals surface area contributed by atoms with E-state index in [1.165, 1.54) is 6.92 Å². The number of rotatable bonds is 1. The fraction of sp³-hybridized carbons (Fsp3) is 0.625. The molecule has 0 aromatic rings. The van der Waals surface area contributed by atoms with E-state index in [1.807, 2.05) is 19.9 Å². The third kappa shape index (κ3) is 1.28. The zero-order valence-electron chi connectivity index (χ0n) is 7.01. The molecule has 1 fully saturated rings. The summed E-state index contributed by atoms with van der Waals surface area (Å²) in [6.07, 6.45) is 1.85. The maximum atomic E-state index is 10.8. The monoisotopic (exact) mass is 155 g/mol. The van der Waals surface area contributed by atoms with Gasteiger partial charge in [-0.1, -0.05) is 11.6 Å². The first-order valence-electron chi connectivity index (χ1n) is 3.63. The number of carbonyl (C=O) groups is 1. The average molecular weight is 155 g/mol. The Hall–Kier alpha value is -0.830. The Morgan fingerprint density at radius 1 is 1.73 bits per heavy atom. The van der Waals surface area contributed by atoms with Crippen LogP contribution in [-0.2, 0) is 4.79 Å². The topological polar surface area (TPSA) is 49.3 Å². The lowest BCUT2D eigenvalue weighted by molar-refractivity contribution is -0.154. The molecular weight excluding hydrogens is 142 g/mol. The summed E-state index contributed by atoms with van der Waals surface area (Å²) in [6.45, 7) is 5.39. The van der Waals surface area contributed by atoms with Crippen molar-refractivity contribution in [2.24, 2.45) is 0 Å². The summed E-state index contributed by atoms with van der Waals surface area (Å²) in [6, 6.07) is -0.208. The van der Waals surface area contributed by atoms with Crippen molar-refractivity contribution in [2.75, 3.05) is 0 Å². The lowest BCUT2D eigenvalue weighted by Crippen LogP contribution is -2.70. The first kappa shape index (κ1) is 8.27. The summed E-state index contributed by atoms with van der Waals surface area (Å²) in [5, 5.41) is 12.0. The molecule has 0 bridgehead atoms. The Morgan fingerprint density at radius 3 is 2.55 bits per heavy atom. The smallest absolute Gasteiger partial charge is 0.254 e. The summed E-state index contributed by atoms with van der Waals surface area (Å²) in [5.41, 5.74) is -0.104. The first-order chi connectivity index (χ1) is 4.94. The second-order valence-corrected chi connectivity index (χ2v) is 3.34. The lowest BCUT2D eigenvalue weighted by atomic mass is 9.86. The van der Waals surface area contributed by atoms with E-state index in [0.717, 1.165) is 5.57 Å². The van der Waals surface area contributed by atoms with E-state index in [1.54, 1.807) is 0 Å².